The summed E-state index contributed by atoms with van der Waals surface area (Å²) in [6.07, 6.45) is 5.51. The van der Waals surface area contributed by atoms with Gasteiger partial charge in [-0.05, 0) is 57.6 Å². The molecule has 3 nitrogen and oxygen atoms in total. The Balaban J connectivity index is 1.77. The Hall–Kier alpha value is -1.53. The Labute approximate surface area is 128 Å². The highest BCUT2D eigenvalue weighted by molar-refractivity contribution is 5.54. The number of hydrogen-bond acceptors (Lipinski definition) is 3. The lowest BCUT2D eigenvalue weighted by atomic mass is 9.98. The molecular formula is C18H25N3. The number of rotatable bonds is 5. The van der Waals surface area contributed by atoms with Gasteiger partial charge in [0, 0.05) is 24.3 Å². The second kappa shape index (κ2) is 5.69. The van der Waals surface area contributed by atoms with Gasteiger partial charge >= 0.3 is 0 Å². The van der Waals surface area contributed by atoms with E-state index in [-0.39, 0.29) is 5.54 Å². The van der Waals surface area contributed by atoms with E-state index in [0.29, 0.717) is 12.1 Å². The van der Waals surface area contributed by atoms with Crippen molar-refractivity contribution >= 4 is 5.69 Å². The van der Waals surface area contributed by atoms with Gasteiger partial charge < -0.3 is 4.90 Å². The normalized spacial score (nSPS) is 28.3. The minimum absolute atomic E-state index is 0.290. The van der Waals surface area contributed by atoms with Gasteiger partial charge in [-0.25, -0.2) is 0 Å². The predicted octanol–water partition coefficient (Wildman–Crippen LogP) is 3.39. The predicted molar refractivity (Wildman–Crippen MR) is 86.3 cm³/mol. The SMILES string of the molecule is CCN(c1ccccc1C)C1CCC(C#N)(NC2CC2)C1. The Morgan fingerprint density at radius 1 is 1.33 bits per heavy atom. The molecule has 1 aromatic carbocycles. The van der Waals surface area contributed by atoms with Gasteiger partial charge in [-0.3, -0.25) is 5.32 Å². The van der Waals surface area contributed by atoms with E-state index < -0.39 is 0 Å². The summed E-state index contributed by atoms with van der Waals surface area (Å²) in [5.41, 5.74) is 2.36. The summed E-state index contributed by atoms with van der Waals surface area (Å²) in [5.74, 6) is 0. The highest BCUT2D eigenvalue weighted by atomic mass is 15.2. The molecule has 2 unspecified atom stereocenters. The van der Waals surface area contributed by atoms with Crippen LogP contribution in [0, 0.1) is 18.3 Å². The first kappa shape index (κ1) is 14.4. The highest BCUT2D eigenvalue weighted by Crippen LogP contribution is 2.38. The maximum absolute atomic E-state index is 9.66. The molecule has 0 radical (unpaired) electrons. The van der Waals surface area contributed by atoms with Crippen molar-refractivity contribution in [3.8, 4) is 6.07 Å². The first-order valence-corrected chi connectivity index (χ1v) is 8.18. The van der Waals surface area contributed by atoms with Gasteiger partial charge in [0.1, 0.15) is 5.54 Å². The number of para-hydroxylation sites is 1. The third-order valence-corrected chi connectivity index (χ3v) is 4.97. The van der Waals surface area contributed by atoms with E-state index >= 15 is 0 Å². The molecular weight excluding hydrogens is 258 g/mol. The number of benzene rings is 1. The summed E-state index contributed by atoms with van der Waals surface area (Å²) >= 11 is 0. The van der Waals surface area contributed by atoms with E-state index in [2.05, 4.69) is 54.4 Å². The molecule has 0 spiro atoms. The number of nitriles is 1. The summed E-state index contributed by atoms with van der Waals surface area (Å²) < 4.78 is 0. The summed E-state index contributed by atoms with van der Waals surface area (Å²) in [6, 6.07) is 12.2. The molecule has 2 saturated carbocycles. The Bertz CT molecular complexity index is 544. The third kappa shape index (κ3) is 2.91. The van der Waals surface area contributed by atoms with Crippen molar-refractivity contribution in [2.24, 2.45) is 0 Å². The van der Waals surface area contributed by atoms with Gasteiger partial charge in [-0.15, -0.1) is 0 Å². The summed E-state index contributed by atoms with van der Waals surface area (Å²) in [4.78, 5) is 2.49. The number of nitrogens with one attached hydrogen (secondary N) is 1. The molecule has 2 fully saturated rings. The number of hydrogen-bond donors (Lipinski definition) is 1. The Morgan fingerprint density at radius 3 is 2.71 bits per heavy atom. The average molecular weight is 283 g/mol. The van der Waals surface area contributed by atoms with Crippen LogP contribution in [0.15, 0.2) is 24.3 Å². The number of anilines is 1. The van der Waals surface area contributed by atoms with E-state index in [4.69, 9.17) is 0 Å². The minimum Gasteiger partial charge on any atom is -0.369 e. The summed E-state index contributed by atoms with van der Waals surface area (Å²) in [6.45, 7) is 5.39. The largest absolute Gasteiger partial charge is 0.369 e. The lowest BCUT2D eigenvalue weighted by Crippen LogP contribution is -2.45. The average Bonchev–Trinajstić information content (AvgIpc) is 3.21. The van der Waals surface area contributed by atoms with Crippen molar-refractivity contribution in [3.05, 3.63) is 29.8 Å². The van der Waals surface area contributed by atoms with Gasteiger partial charge in [0.15, 0.2) is 0 Å². The van der Waals surface area contributed by atoms with Crippen molar-refractivity contribution in [1.29, 1.82) is 5.26 Å². The zero-order valence-electron chi connectivity index (χ0n) is 13.1. The van der Waals surface area contributed by atoms with E-state index in [1.165, 1.54) is 24.1 Å². The first-order valence-electron chi connectivity index (χ1n) is 8.18. The molecule has 0 saturated heterocycles. The van der Waals surface area contributed by atoms with Crippen molar-refractivity contribution in [3.63, 3.8) is 0 Å². The molecule has 3 rings (SSSR count). The fraction of sp³-hybridized carbons (Fsp3) is 0.611. The third-order valence-electron chi connectivity index (χ3n) is 4.97. The number of aryl methyl sites for hydroxylation is 1. The van der Waals surface area contributed by atoms with Crippen LogP contribution in [0.1, 0.15) is 44.6 Å². The van der Waals surface area contributed by atoms with E-state index in [9.17, 15) is 5.26 Å². The zero-order valence-corrected chi connectivity index (χ0v) is 13.1. The van der Waals surface area contributed by atoms with Gasteiger partial charge in [0.25, 0.3) is 0 Å². The summed E-state index contributed by atoms with van der Waals surface area (Å²) in [7, 11) is 0. The molecule has 0 aliphatic heterocycles. The van der Waals surface area contributed by atoms with Crippen LogP contribution in [-0.4, -0.2) is 24.2 Å². The quantitative estimate of drug-likeness (QED) is 0.900. The second-order valence-corrected chi connectivity index (χ2v) is 6.58. The van der Waals surface area contributed by atoms with Crippen molar-refractivity contribution < 1.29 is 0 Å². The lowest BCUT2D eigenvalue weighted by molar-refractivity contribution is 0.411. The van der Waals surface area contributed by atoms with Crippen LogP contribution in [0.3, 0.4) is 0 Å². The highest BCUT2D eigenvalue weighted by Gasteiger charge is 2.44. The maximum Gasteiger partial charge on any atom is 0.109 e. The van der Waals surface area contributed by atoms with Gasteiger partial charge in [-0.2, -0.15) is 5.26 Å². The van der Waals surface area contributed by atoms with E-state index in [1.807, 2.05) is 0 Å². The minimum atomic E-state index is -0.290. The molecule has 2 atom stereocenters. The van der Waals surface area contributed by atoms with Crippen LogP contribution < -0.4 is 10.2 Å². The molecule has 1 N–H and O–H groups in total. The Morgan fingerprint density at radius 2 is 2.10 bits per heavy atom. The Kier molecular flexibility index (Phi) is 3.91. The fourth-order valence-electron chi connectivity index (χ4n) is 3.68. The molecule has 0 bridgehead atoms. The molecule has 112 valence electrons. The summed E-state index contributed by atoms with van der Waals surface area (Å²) in [5, 5.41) is 13.3. The second-order valence-electron chi connectivity index (χ2n) is 6.58. The molecule has 21 heavy (non-hydrogen) atoms. The smallest absolute Gasteiger partial charge is 0.109 e. The van der Waals surface area contributed by atoms with E-state index in [1.54, 1.807) is 0 Å². The monoisotopic (exact) mass is 283 g/mol. The van der Waals surface area contributed by atoms with Gasteiger partial charge in [-0.1, -0.05) is 18.2 Å². The molecule has 0 heterocycles. The number of nitrogens with zero attached hydrogens (tertiary/aromatic N) is 2. The zero-order chi connectivity index (χ0) is 14.9. The topological polar surface area (TPSA) is 39.1 Å². The van der Waals surface area contributed by atoms with Crippen LogP contribution >= 0.6 is 0 Å². The van der Waals surface area contributed by atoms with Crippen LogP contribution in [0.5, 0.6) is 0 Å². The molecule has 0 aromatic heterocycles. The molecule has 1 aromatic rings. The molecule has 3 heteroatoms. The van der Waals surface area contributed by atoms with Crippen molar-refractivity contribution in [2.75, 3.05) is 11.4 Å². The van der Waals surface area contributed by atoms with Crippen LogP contribution in [0.2, 0.25) is 0 Å². The fourth-order valence-corrected chi connectivity index (χ4v) is 3.68. The first-order chi connectivity index (χ1) is 10.2. The lowest BCUT2D eigenvalue weighted by Gasteiger charge is -2.32. The molecule has 2 aliphatic carbocycles. The standard InChI is InChI=1S/C18H25N3/c1-3-21(17-7-5-4-6-14(17)2)16-10-11-18(12-16,13-19)20-15-8-9-15/h4-7,15-16,20H,3,8-12H2,1-2H3. The van der Waals surface area contributed by atoms with Gasteiger partial charge in [0.05, 0.1) is 6.07 Å². The van der Waals surface area contributed by atoms with Crippen LogP contribution in [0.4, 0.5) is 5.69 Å². The van der Waals surface area contributed by atoms with Gasteiger partial charge in [0.2, 0.25) is 0 Å². The van der Waals surface area contributed by atoms with Crippen LogP contribution in [0.25, 0.3) is 0 Å². The van der Waals surface area contributed by atoms with Crippen molar-refractivity contribution in [1.82, 2.24) is 5.32 Å². The molecule has 0 amide bonds. The maximum atomic E-state index is 9.66. The van der Waals surface area contributed by atoms with E-state index in [0.717, 1.165) is 25.8 Å². The van der Waals surface area contributed by atoms with Crippen molar-refractivity contribution in [2.45, 2.75) is 63.6 Å². The molecule has 2 aliphatic rings. The van der Waals surface area contributed by atoms with Crippen LogP contribution in [-0.2, 0) is 0 Å².